The number of hydrogen-bond acceptors (Lipinski definition) is 4. The van der Waals surface area contributed by atoms with Crippen LogP contribution in [0.2, 0.25) is 0 Å². The van der Waals surface area contributed by atoms with Crippen LogP contribution < -0.4 is 5.32 Å². The van der Waals surface area contributed by atoms with E-state index in [-0.39, 0.29) is 23.4 Å². The molecule has 7 nitrogen and oxygen atoms in total. The summed E-state index contributed by atoms with van der Waals surface area (Å²) in [6.07, 6.45) is 5.01. The maximum absolute atomic E-state index is 12.3. The minimum absolute atomic E-state index is 0.0298. The largest absolute Gasteiger partial charge is 0.356 e. The number of rotatable bonds is 6. The van der Waals surface area contributed by atoms with Gasteiger partial charge in [0.2, 0.25) is 11.8 Å². The van der Waals surface area contributed by atoms with E-state index < -0.39 is 4.92 Å². The van der Waals surface area contributed by atoms with Gasteiger partial charge >= 0.3 is 0 Å². The molecular weight excluding hydrogens is 322 g/mol. The van der Waals surface area contributed by atoms with Crippen LogP contribution in [0.3, 0.4) is 0 Å². The highest BCUT2D eigenvalue weighted by molar-refractivity contribution is 5.92. The second-order valence-electron chi connectivity index (χ2n) is 6.04. The maximum atomic E-state index is 12.3. The molecule has 0 aliphatic carbocycles. The Balaban J connectivity index is 1.91. The lowest BCUT2D eigenvalue weighted by atomic mass is 9.96. The van der Waals surface area contributed by atoms with Crippen molar-refractivity contribution in [2.45, 2.75) is 26.2 Å². The number of piperidine rings is 1. The second-order valence-corrected chi connectivity index (χ2v) is 6.04. The zero-order valence-electron chi connectivity index (χ0n) is 14.3. The van der Waals surface area contributed by atoms with E-state index in [2.05, 4.69) is 5.32 Å². The molecule has 0 radical (unpaired) electrons. The van der Waals surface area contributed by atoms with Gasteiger partial charge in [-0.1, -0.05) is 19.1 Å². The molecule has 1 heterocycles. The van der Waals surface area contributed by atoms with Crippen LogP contribution in [0.25, 0.3) is 6.08 Å². The molecule has 0 saturated carbocycles. The first-order chi connectivity index (χ1) is 12.0. The van der Waals surface area contributed by atoms with Gasteiger partial charge < -0.3 is 10.2 Å². The van der Waals surface area contributed by atoms with E-state index in [9.17, 15) is 19.7 Å². The van der Waals surface area contributed by atoms with Crippen LogP contribution in [0.4, 0.5) is 5.69 Å². The Morgan fingerprint density at radius 2 is 2.00 bits per heavy atom. The average molecular weight is 345 g/mol. The molecule has 134 valence electrons. The predicted octanol–water partition coefficient (Wildman–Crippen LogP) is 2.37. The first-order valence-corrected chi connectivity index (χ1v) is 8.51. The molecule has 1 N–H and O–H groups in total. The topological polar surface area (TPSA) is 92.6 Å². The van der Waals surface area contributed by atoms with Crippen LogP contribution in [-0.2, 0) is 9.59 Å². The average Bonchev–Trinajstić information content (AvgIpc) is 2.64. The molecule has 1 aliphatic rings. The van der Waals surface area contributed by atoms with E-state index in [0.29, 0.717) is 38.0 Å². The summed E-state index contributed by atoms with van der Waals surface area (Å²) in [6.45, 7) is 3.72. The summed E-state index contributed by atoms with van der Waals surface area (Å²) in [5, 5.41) is 13.9. The number of amides is 2. The summed E-state index contributed by atoms with van der Waals surface area (Å²) in [5.41, 5.74) is 0.368. The minimum Gasteiger partial charge on any atom is -0.356 e. The summed E-state index contributed by atoms with van der Waals surface area (Å²) < 4.78 is 0. The molecule has 0 aromatic heterocycles. The van der Waals surface area contributed by atoms with E-state index in [1.165, 1.54) is 18.2 Å². The van der Waals surface area contributed by atoms with Gasteiger partial charge in [-0.05, 0) is 31.4 Å². The van der Waals surface area contributed by atoms with Crippen LogP contribution in [-0.4, -0.2) is 41.3 Å². The molecule has 0 spiro atoms. The molecule has 0 atom stereocenters. The van der Waals surface area contributed by atoms with Crippen LogP contribution in [0.15, 0.2) is 30.3 Å². The van der Waals surface area contributed by atoms with Gasteiger partial charge in [0, 0.05) is 37.7 Å². The van der Waals surface area contributed by atoms with Gasteiger partial charge in [-0.15, -0.1) is 0 Å². The molecule has 7 heteroatoms. The van der Waals surface area contributed by atoms with Gasteiger partial charge in [-0.25, -0.2) is 0 Å². The number of para-hydroxylation sites is 1. The SMILES string of the molecule is CCCNC(=O)C1CCN(C(=O)/C=C/c2ccccc2[N+](=O)[O-])CC1. The molecule has 1 fully saturated rings. The van der Waals surface area contributed by atoms with E-state index >= 15 is 0 Å². The lowest BCUT2D eigenvalue weighted by molar-refractivity contribution is -0.385. The Morgan fingerprint density at radius 1 is 1.32 bits per heavy atom. The number of nitrogens with one attached hydrogen (secondary N) is 1. The number of carbonyl (C=O) groups excluding carboxylic acids is 2. The monoisotopic (exact) mass is 345 g/mol. The van der Waals surface area contributed by atoms with Gasteiger partial charge in [-0.2, -0.15) is 0 Å². The van der Waals surface area contributed by atoms with Crippen molar-refractivity contribution in [2.75, 3.05) is 19.6 Å². The first kappa shape index (κ1) is 18.6. The normalized spacial score (nSPS) is 15.3. The molecular formula is C18H23N3O4. The molecule has 1 saturated heterocycles. The molecule has 1 aromatic rings. The highest BCUT2D eigenvalue weighted by atomic mass is 16.6. The number of hydrogen-bond donors (Lipinski definition) is 1. The first-order valence-electron chi connectivity index (χ1n) is 8.51. The highest BCUT2D eigenvalue weighted by Gasteiger charge is 2.26. The Morgan fingerprint density at radius 3 is 2.64 bits per heavy atom. The molecule has 1 aliphatic heterocycles. The van der Waals surface area contributed by atoms with Crippen molar-refractivity contribution in [2.24, 2.45) is 5.92 Å². The van der Waals surface area contributed by atoms with Crippen molar-refractivity contribution in [3.63, 3.8) is 0 Å². The molecule has 25 heavy (non-hydrogen) atoms. The van der Waals surface area contributed by atoms with Crippen molar-refractivity contribution in [3.05, 3.63) is 46.0 Å². The second kappa shape index (κ2) is 8.96. The van der Waals surface area contributed by atoms with Gasteiger partial charge in [0.1, 0.15) is 0 Å². The summed E-state index contributed by atoms with van der Waals surface area (Å²) in [5.74, 6) is -0.176. The zero-order valence-corrected chi connectivity index (χ0v) is 14.3. The van der Waals surface area contributed by atoms with Crippen LogP contribution >= 0.6 is 0 Å². The lowest BCUT2D eigenvalue weighted by Crippen LogP contribution is -2.42. The lowest BCUT2D eigenvalue weighted by Gasteiger charge is -2.30. The fourth-order valence-electron chi connectivity index (χ4n) is 2.82. The summed E-state index contributed by atoms with van der Waals surface area (Å²) in [6, 6.07) is 6.29. The predicted molar refractivity (Wildman–Crippen MR) is 94.7 cm³/mol. The van der Waals surface area contributed by atoms with E-state index in [0.717, 1.165) is 6.42 Å². The van der Waals surface area contributed by atoms with Crippen molar-refractivity contribution in [3.8, 4) is 0 Å². The number of likely N-dealkylation sites (tertiary alicyclic amines) is 1. The van der Waals surface area contributed by atoms with Crippen molar-refractivity contribution < 1.29 is 14.5 Å². The zero-order chi connectivity index (χ0) is 18.2. The standard InChI is InChI=1S/C18H23N3O4/c1-2-11-19-18(23)15-9-12-20(13-10-15)17(22)8-7-14-5-3-4-6-16(14)21(24)25/h3-8,15H,2,9-13H2,1H3,(H,19,23)/b8-7+. The third-order valence-corrected chi connectivity index (χ3v) is 4.27. The van der Waals surface area contributed by atoms with Crippen LogP contribution in [0, 0.1) is 16.0 Å². The summed E-state index contributed by atoms with van der Waals surface area (Å²) >= 11 is 0. The number of nitro benzene ring substituents is 1. The molecule has 0 bridgehead atoms. The minimum atomic E-state index is -0.468. The van der Waals surface area contributed by atoms with Gasteiger partial charge in [0.15, 0.2) is 0 Å². The van der Waals surface area contributed by atoms with Crippen LogP contribution in [0.5, 0.6) is 0 Å². The number of nitro groups is 1. The smallest absolute Gasteiger partial charge is 0.276 e. The molecule has 2 rings (SSSR count). The molecule has 0 unspecified atom stereocenters. The fourth-order valence-corrected chi connectivity index (χ4v) is 2.82. The fraction of sp³-hybridized carbons (Fsp3) is 0.444. The van der Waals surface area contributed by atoms with Gasteiger partial charge in [0.05, 0.1) is 10.5 Å². The Kier molecular flexibility index (Phi) is 6.68. The van der Waals surface area contributed by atoms with E-state index in [1.54, 1.807) is 23.1 Å². The third kappa shape index (κ3) is 5.14. The van der Waals surface area contributed by atoms with E-state index in [4.69, 9.17) is 0 Å². The Bertz CT molecular complexity index is 664. The van der Waals surface area contributed by atoms with Gasteiger partial charge in [-0.3, -0.25) is 19.7 Å². The van der Waals surface area contributed by atoms with E-state index in [1.807, 2.05) is 6.92 Å². The van der Waals surface area contributed by atoms with Crippen molar-refractivity contribution in [1.82, 2.24) is 10.2 Å². The number of carbonyl (C=O) groups is 2. The molecule has 1 aromatic carbocycles. The highest BCUT2D eigenvalue weighted by Crippen LogP contribution is 2.20. The third-order valence-electron chi connectivity index (χ3n) is 4.27. The summed E-state index contributed by atoms with van der Waals surface area (Å²) in [7, 11) is 0. The molecule has 2 amide bonds. The van der Waals surface area contributed by atoms with Gasteiger partial charge in [0.25, 0.3) is 5.69 Å². The number of nitrogens with zero attached hydrogens (tertiary/aromatic N) is 2. The van der Waals surface area contributed by atoms with Crippen molar-refractivity contribution >= 4 is 23.6 Å². The van der Waals surface area contributed by atoms with Crippen LogP contribution in [0.1, 0.15) is 31.7 Å². The quantitative estimate of drug-likeness (QED) is 0.487. The Labute approximate surface area is 146 Å². The number of benzene rings is 1. The summed E-state index contributed by atoms with van der Waals surface area (Å²) in [4.78, 5) is 36.4. The Hall–Kier alpha value is -2.70. The van der Waals surface area contributed by atoms with Crippen molar-refractivity contribution in [1.29, 1.82) is 0 Å². The maximum Gasteiger partial charge on any atom is 0.276 e.